The van der Waals surface area contributed by atoms with E-state index in [4.69, 9.17) is 10.5 Å². The topological polar surface area (TPSA) is 104 Å². The molecule has 3 N–H and O–H groups in total. The molecule has 1 saturated heterocycles. The van der Waals surface area contributed by atoms with E-state index in [-0.39, 0.29) is 12.1 Å². The van der Waals surface area contributed by atoms with Gasteiger partial charge in [0, 0.05) is 58.2 Å². The molecular weight excluding hydrogens is 396 g/mol. The van der Waals surface area contributed by atoms with Crippen molar-refractivity contribution in [3.05, 3.63) is 42.1 Å². The van der Waals surface area contributed by atoms with Gasteiger partial charge in [0.2, 0.25) is 0 Å². The predicted octanol–water partition coefficient (Wildman–Crippen LogP) is 2.51. The molecule has 0 radical (unpaired) electrons. The highest BCUT2D eigenvalue weighted by atomic mass is 16.5. The number of nitrogens with one attached hydrogen (secondary N) is 1. The van der Waals surface area contributed by atoms with Gasteiger partial charge in [0.25, 0.3) is 5.91 Å². The number of hydrogen-bond donors (Lipinski definition) is 2. The number of amides is 3. The Balaban J connectivity index is 1.84. The number of likely N-dealkylation sites (N-methyl/N-ethyl adjacent to an activating group) is 1. The SMILES string of the molecule is COc1ccc(Nc2cc(N(C)[C@@H]3CCCN(C(=O)N(C)C)C3)c(C(N)=O)cn2)cc1. The minimum atomic E-state index is -0.539. The smallest absolute Gasteiger partial charge is 0.319 e. The highest BCUT2D eigenvalue weighted by Gasteiger charge is 2.29. The number of benzene rings is 1. The number of primary amides is 1. The summed E-state index contributed by atoms with van der Waals surface area (Å²) in [5.74, 6) is 0.813. The zero-order valence-corrected chi connectivity index (χ0v) is 18.5. The number of methoxy groups -OCH3 is 1. The Hall–Kier alpha value is -3.49. The monoisotopic (exact) mass is 426 g/mol. The van der Waals surface area contributed by atoms with E-state index in [0.717, 1.165) is 30.8 Å². The van der Waals surface area contributed by atoms with Crippen molar-refractivity contribution in [2.75, 3.05) is 51.6 Å². The van der Waals surface area contributed by atoms with Gasteiger partial charge in [0.15, 0.2) is 0 Å². The fraction of sp³-hybridized carbons (Fsp3) is 0.409. The number of piperidine rings is 1. The maximum absolute atomic E-state index is 12.4. The first-order chi connectivity index (χ1) is 14.8. The number of ether oxygens (including phenoxy) is 1. The molecular formula is C22H30N6O3. The lowest BCUT2D eigenvalue weighted by Crippen LogP contribution is -2.51. The summed E-state index contributed by atoms with van der Waals surface area (Å²) in [7, 11) is 7.04. The summed E-state index contributed by atoms with van der Waals surface area (Å²) in [6.07, 6.45) is 3.30. The third-order valence-corrected chi connectivity index (χ3v) is 5.49. The molecule has 1 aliphatic heterocycles. The van der Waals surface area contributed by atoms with Crippen LogP contribution in [0.2, 0.25) is 0 Å². The first kappa shape index (κ1) is 22.2. The molecule has 0 bridgehead atoms. The van der Waals surface area contributed by atoms with Gasteiger partial charge in [-0.1, -0.05) is 0 Å². The summed E-state index contributed by atoms with van der Waals surface area (Å²) in [4.78, 5) is 34.3. The third kappa shape index (κ3) is 5.17. The predicted molar refractivity (Wildman–Crippen MR) is 121 cm³/mol. The van der Waals surface area contributed by atoms with E-state index in [1.54, 1.807) is 26.1 Å². The van der Waals surface area contributed by atoms with Crippen LogP contribution >= 0.6 is 0 Å². The van der Waals surface area contributed by atoms with Crippen LogP contribution in [0, 0.1) is 0 Å². The molecule has 3 amide bonds. The molecule has 1 atom stereocenters. The number of likely N-dealkylation sites (tertiary alicyclic amines) is 1. The normalized spacial score (nSPS) is 15.9. The molecule has 0 saturated carbocycles. The summed E-state index contributed by atoms with van der Waals surface area (Å²) in [5.41, 5.74) is 7.49. The average molecular weight is 427 g/mol. The summed E-state index contributed by atoms with van der Waals surface area (Å²) in [6.45, 7) is 1.31. The fourth-order valence-electron chi connectivity index (χ4n) is 3.74. The molecule has 2 aromatic rings. The fourth-order valence-corrected chi connectivity index (χ4v) is 3.74. The van der Waals surface area contributed by atoms with E-state index in [0.29, 0.717) is 23.6 Å². The Morgan fingerprint density at radius 2 is 1.94 bits per heavy atom. The summed E-state index contributed by atoms with van der Waals surface area (Å²) in [6, 6.07) is 9.35. The lowest BCUT2D eigenvalue weighted by molar-refractivity contribution is 0.1000. The van der Waals surface area contributed by atoms with Gasteiger partial charge in [-0.3, -0.25) is 4.79 Å². The van der Waals surface area contributed by atoms with Gasteiger partial charge in [-0.25, -0.2) is 9.78 Å². The molecule has 3 rings (SSSR count). The van der Waals surface area contributed by atoms with Gasteiger partial charge in [-0.05, 0) is 37.1 Å². The number of anilines is 3. The molecule has 1 aromatic carbocycles. The second-order valence-electron chi connectivity index (χ2n) is 7.83. The maximum Gasteiger partial charge on any atom is 0.319 e. The molecule has 1 fully saturated rings. The van der Waals surface area contributed by atoms with Crippen molar-refractivity contribution in [1.82, 2.24) is 14.8 Å². The number of pyridine rings is 1. The molecule has 9 nitrogen and oxygen atoms in total. The van der Waals surface area contributed by atoms with E-state index in [2.05, 4.69) is 10.3 Å². The number of aromatic nitrogens is 1. The van der Waals surface area contributed by atoms with Crippen LogP contribution in [-0.4, -0.2) is 74.1 Å². The molecule has 166 valence electrons. The molecule has 0 aliphatic carbocycles. The second-order valence-corrected chi connectivity index (χ2v) is 7.83. The van der Waals surface area contributed by atoms with Gasteiger partial charge in [0.1, 0.15) is 11.6 Å². The third-order valence-electron chi connectivity index (χ3n) is 5.49. The largest absolute Gasteiger partial charge is 0.497 e. The number of carbonyl (C=O) groups excluding carboxylic acids is 2. The zero-order chi connectivity index (χ0) is 22.5. The van der Waals surface area contributed by atoms with Crippen LogP contribution in [0.4, 0.5) is 22.0 Å². The van der Waals surface area contributed by atoms with E-state index in [9.17, 15) is 9.59 Å². The molecule has 0 spiro atoms. The van der Waals surface area contributed by atoms with Crippen LogP contribution in [0.15, 0.2) is 36.5 Å². The minimum Gasteiger partial charge on any atom is -0.497 e. The molecule has 31 heavy (non-hydrogen) atoms. The van der Waals surface area contributed by atoms with Crippen LogP contribution in [0.25, 0.3) is 0 Å². The number of rotatable bonds is 6. The van der Waals surface area contributed by atoms with Crippen molar-refractivity contribution < 1.29 is 14.3 Å². The van der Waals surface area contributed by atoms with E-state index in [1.165, 1.54) is 6.20 Å². The van der Waals surface area contributed by atoms with Crippen LogP contribution in [0.1, 0.15) is 23.2 Å². The highest BCUT2D eigenvalue weighted by molar-refractivity contribution is 5.99. The van der Waals surface area contributed by atoms with Crippen molar-refractivity contribution >= 4 is 29.1 Å². The lowest BCUT2D eigenvalue weighted by atomic mass is 10.0. The van der Waals surface area contributed by atoms with Gasteiger partial charge < -0.3 is 30.5 Å². The first-order valence-corrected chi connectivity index (χ1v) is 10.2. The quantitative estimate of drug-likeness (QED) is 0.736. The number of hydrogen-bond acceptors (Lipinski definition) is 6. The minimum absolute atomic E-state index is 0.00943. The highest BCUT2D eigenvalue weighted by Crippen LogP contribution is 2.28. The maximum atomic E-state index is 12.4. The number of nitrogens with zero attached hydrogens (tertiary/aromatic N) is 4. The first-order valence-electron chi connectivity index (χ1n) is 10.2. The van der Waals surface area contributed by atoms with Crippen molar-refractivity contribution in [1.29, 1.82) is 0 Å². The Bertz CT molecular complexity index is 931. The van der Waals surface area contributed by atoms with Crippen LogP contribution in [0.3, 0.4) is 0 Å². The van der Waals surface area contributed by atoms with Crippen molar-refractivity contribution in [3.8, 4) is 5.75 Å². The Labute approximate surface area is 182 Å². The van der Waals surface area contributed by atoms with E-state index >= 15 is 0 Å². The van der Waals surface area contributed by atoms with E-state index in [1.807, 2.05) is 47.2 Å². The van der Waals surface area contributed by atoms with E-state index < -0.39 is 5.91 Å². The van der Waals surface area contributed by atoms with Crippen molar-refractivity contribution in [2.24, 2.45) is 5.73 Å². The van der Waals surface area contributed by atoms with Crippen LogP contribution < -0.4 is 20.7 Å². The van der Waals surface area contributed by atoms with Crippen molar-refractivity contribution in [2.45, 2.75) is 18.9 Å². The Morgan fingerprint density at radius 3 is 2.55 bits per heavy atom. The zero-order valence-electron chi connectivity index (χ0n) is 18.5. The summed E-state index contributed by atoms with van der Waals surface area (Å²) in [5, 5.41) is 3.24. The van der Waals surface area contributed by atoms with Gasteiger partial charge in [-0.2, -0.15) is 0 Å². The number of nitrogens with two attached hydrogens (primary N) is 1. The molecule has 9 heteroatoms. The van der Waals surface area contributed by atoms with Gasteiger partial charge in [0.05, 0.1) is 18.4 Å². The van der Waals surface area contributed by atoms with Crippen LogP contribution in [0.5, 0.6) is 5.75 Å². The van der Waals surface area contributed by atoms with Gasteiger partial charge >= 0.3 is 6.03 Å². The summed E-state index contributed by atoms with van der Waals surface area (Å²) >= 11 is 0. The molecule has 0 unspecified atom stereocenters. The Morgan fingerprint density at radius 1 is 1.23 bits per heavy atom. The standard InChI is InChI=1S/C22H30N6O3/c1-26(2)22(30)28-11-5-6-16(14-28)27(3)19-12-20(24-13-18(19)21(23)29)25-15-7-9-17(31-4)10-8-15/h7-10,12-13,16H,5-6,11,14H2,1-4H3,(H2,23,29)(H,24,25)/t16-/m1/s1. The van der Waals surface area contributed by atoms with Crippen LogP contribution in [-0.2, 0) is 0 Å². The number of carbonyl (C=O) groups is 2. The Kier molecular flexibility index (Phi) is 6.84. The number of urea groups is 1. The average Bonchev–Trinajstić information content (AvgIpc) is 2.78. The molecule has 2 heterocycles. The summed E-state index contributed by atoms with van der Waals surface area (Å²) < 4.78 is 5.19. The lowest BCUT2D eigenvalue weighted by Gasteiger charge is -2.40. The second kappa shape index (κ2) is 9.55. The van der Waals surface area contributed by atoms with Gasteiger partial charge in [-0.15, -0.1) is 0 Å². The van der Waals surface area contributed by atoms with Crippen molar-refractivity contribution in [3.63, 3.8) is 0 Å². The molecule has 1 aromatic heterocycles. The molecule has 1 aliphatic rings.